The SMILES string of the molecule is C=CCN1C(=O)/C(=C2\SC(=S)N(CCCCCCCCCCC(=O)O)C2=O)c2cc(Br)ccc21. The van der Waals surface area contributed by atoms with Crippen LogP contribution in [-0.4, -0.2) is 45.2 Å². The van der Waals surface area contributed by atoms with Crippen LogP contribution in [0, 0.1) is 0 Å². The Kier molecular flexibility index (Phi) is 9.91. The normalized spacial score (nSPS) is 17.6. The van der Waals surface area contributed by atoms with Crippen LogP contribution in [-0.2, 0) is 14.4 Å². The zero-order chi connectivity index (χ0) is 24.7. The first-order valence-corrected chi connectivity index (χ1v) is 13.6. The molecular formula is C25H29BrN2O4S2. The van der Waals surface area contributed by atoms with E-state index in [1.54, 1.807) is 15.9 Å². The summed E-state index contributed by atoms with van der Waals surface area (Å²) < 4.78 is 1.34. The van der Waals surface area contributed by atoms with Gasteiger partial charge in [0, 0.05) is 29.5 Å². The maximum Gasteiger partial charge on any atom is 0.303 e. The van der Waals surface area contributed by atoms with Gasteiger partial charge in [0.15, 0.2) is 0 Å². The van der Waals surface area contributed by atoms with Crippen molar-refractivity contribution in [2.45, 2.75) is 57.8 Å². The number of nitrogens with zero attached hydrogens (tertiary/aromatic N) is 2. The van der Waals surface area contributed by atoms with Crippen LogP contribution in [0.25, 0.3) is 5.57 Å². The largest absolute Gasteiger partial charge is 0.481 e. The summed E-state index contributed by atoms with van der Waals surface area (Å²) in [4.78, 5) is 40.6. The number of thiocarbonyl (C=S) groups is 1. The minimum absolute atomic E-state index is 0.192. The zero-order valence-electron chi connectivity index (χ0n) is 19.1. The number of halogens is 1. The standard InChI is InChI=1S/C25H29BrN2O4S2/c1-2-14-27-19-13-12-17(26)16-18(19)21(23(27)31)22-24(32)28(25(33)34-22)15-10-8-6-4-3-5-7-9-11-20(29)30/h2,12-13,16H,1,3-11,14-15H2,(H,29,30)/b22-21-. The number of carbonyl (C=O) groups excluding carboxylic acids is 2. The van der Waals surface area contributed by atoms with Crippen molar-refractivity contribution in [1.29, 1.82) is 0 Å². The van der Waals surface area contributed by atoms with Gasteiger partial charge in [-0.3, -0.25) is 19.3 Å². The smallest absolute Gasteiger partial charge is 0.303 e. The number of carboxylic acid groups (broad SMARTS) is 1. The van der Waals surface area contributed by atoms with Gasteiger partial charge in [-0.2, -0.15) is 0 Å². The molecule has 0 saturated carbocycles. The summed E-state index contributed by atoms with van der Waals surface area (Å²) >= 11 is 10.2. The molecule has 0 aliphatic carbocycles. The van der Waals surface area contributed by atoms with E-state index in [0.717, 1.165) is 67.1 Å². The molecule has 0 radical (unpaired) electrons. The summed E-state index contributed by atoms with van der Waals surface area (Å²) in [5, 5.41) is 8.65. The quantitative estimate of drug-likeness (QED) is 0.134. The number of fused-ring (bicyclic) bond motifs is 1. The van der Waals surface area contributed by atoms with Crippen LogP contribution in [0.2, 0.25) is 0 Å². The molecule has 0 bridgehead atoms. The highest BCUT2D eigenvalue weighted by atomic mass is 79.9. The average molecular weight is 566 g/mol. The van der Waals surface area contributed by atoms with E-state index in [-0.39, 0.29) is 18.2 Å². The van der Waals surface area contributed by atoms with Crippen molar-refractivity contribution in [3.63, 3.8) is 0 Å². The average Bonchev–Trinajstić information content (AvgIpc) is 3.21. The van der Waals surface area contributed by atoms with E-state index in [0.29, 0.717) is 27.9 Å². The van der Waals surface area contributed by atoms with Gasteiger partial charge >= 0.3 is 5.97 Å². The van der Waals surface area contributed by atoms with E-state index < -0.39 is 5.97 Å². The highest BCUT2D eigenvalue weighted by Gasteiger charge is 2.41. The molecule has 0 atom stereocenters. The topological polar surface area (TPSA) is 77.9 Å². The molecule has 6 nitrogen and oxygen atoms in total. The number of hydrogen-bond donors (Lipinski definition) is 1. The Bertz CT molecular complexity index is 1020. The molecule has 1 N–H and O–H groups in total. The van der Waals surface area contributed by atoms with Gasteiger partial charge in [-0.1, -0.05) is 84.5 Å². The predicted molar refractivity (Wildman–Crippen MR) is 145 cm³/mol. The van der Waals surface area contributed by atoms with Crippen molar-refractivity contribution < 1.29 is 19.5 Å². The van der Waals surface area contributed by atoms with Gasteiger partial charge in [0.25, 0.3) is 11.8 Å². The van der Waals surface area contributed by atoms with E-state index in [9.17, 15) is 14.4 Å². The molecule has 0 spiro atoms. The van der Waals surface area contributed by atoms with Gasteiger partial charge in [0.2, 0.25) is 0 Å². The number of amides is 2. The molecule has 1 aromatic rings. The first kappa shape index (κ1) is 26.6. The molecule has 0 aromatic heterocycles. The van der Waals surface area contributed by atoms with Gasteiger partial charge < -0.3 is 10.0 Å². The Labute approximate surface area is 218 Å². The molecule has 3 rings (SSSR count). The molecular weight excluding hydrogens is 536 g/mol. The van der Waals surface area contributed by atoms with Crippen molar-refractivity contribution in [3.8, 4) is 0 Å². The van der Waals surface area contributed by atoms with Crippen LogP contribution in [0.1, 0.15) is 63.4 Å². The number of rotatable bonds is 13. The van der Waals surface area contributed by atoms with Crippen molar-refractivity contribution in [2.75, 3.05) is 18.0 Å². The fraction of sp³-hybridized carbons (Fsp3) is 0.440. The number of carboxylic acids is 1. The second-order valence-corrected chi connectivity index (χ2v) is 10.9. The lowest BCUT2D eigenvalue weighted by Crippen LogP contribution is -2.30. The third kappa shape index (κ3) is 6.37. The summed E-state index contributed by atoms with van der Waals surface area (Å²) in [5.74, 6) is -1.12. The number of thioether (sulfide) groups is 1. The monoisotopic (exact) mass is 564 g/mol. The minimum Gasteiger partial charge on any atom is -0.481 e. The molecule has 2 aliphatic rings. The Balaban J connectivity index is 1.56. The van der Waals surface area contributed by atoms with E-state index in [1.807, 2.05) is 18.2 Å². The van der Waals surface area contributed by atoms with Gasteiger partial charge in [-0.15, -0.1) is 6.58 Å². The molecule has 2 aliphatic heterocycles. The molecule has 1 aromatic carbocycles. The zero-order valence-corrected chi connectivity index (χ0v) is 22.3. The summed E-state index contributed by atoms with van der Waals surface area (Å²) in [7, 11) is 0. The molecule has 1 fully saturated rings. The third-order valence-electron chi connectivity index (χ3n) is 5.89. The van der Waals surface area contributed by atoms with Crippen LogP contribution in [0.4, 0.5) is 5.69 Å². The highest BCUT2D eigenvalue weighted by Crippen LogP contribution is 2.45. The maximum atomic E-state index is 13.2. The van der Waals surface area contributed by atoms with Gasteiger partial charge in [0.1, 0.15) is 4.32 Å². The molecule has 2 amide bonds. The number of aliphatic carboxylic acids is 1. The van der Waals surface area contributed by atoms with Crippen molar-refractivity contribution in [2.24, 2.45) is 0 Å². The Morgan fingerprint density at radius 1 is 1.03 bits per heavy atom. The van der Waals surface area contributed by atoms with E-state index in [4.69, 9.17) is 17.3 Å². The van der Waals surface area contributed by atoms with E-state index in [2.05, 4.69) is 22.5 Å². The number of carbonyl (C=O) groups is 3. The molecule has 9 heteroatoms. The van der Waals surface area contributed by atoms with E-state index in [1.165, 1.54) is 11.8 Å². The van der Waals surface area contributed by atoms with Crippen LogP contribution in [0.15, 0.2) is 40.2 Å². The van der Waals surface area contributed by atoms with Crippen LogP contribution in [0.5, 0.6) is 0 Å². The minimum atomic E-state index is -0.727. The Morgan fingerprint density at radius 2 is 1.68 bits per heavy atom. The molecule has 182 valence electrons. The molecule has 1 saturated heterocycles. The van der Waals surface area contributed by atoms with E-state index >= 15 is 0 Å². The number of unbranched alkanes of at least 4 members (excludes halogenated alkanes) is 7. The van der Waals surface area contributed by atoms with Crippen molar-refractivity contribution >= 4 is 73.3 Å². The van der Waals surface area contributed by atoms with Crippen molar-refractivity contribution in [1.82, 2.24) is 4.90 Å². The number of anilines is 1. The lowest BCUT2D eigenvalue weighted by atomic mass is 10.1. The fourth-order valence-electron chi connectivity index (χ4n) is 4.18. The lowest BCUT2D eigenvalue weighted by molar-refractivity contribution is -0.137. The molecule has 34 heavy (non-hydrogen) atoms. The second kappa shape index (κ2) is 12.7. The molecule has 0 unspecified atom stereocenters. The fourth-order valence-corrected chi connectivity index (χ4v) is 5.92. The van der Waals surface area contributed by atoms with Crippen LogP contribution < -0.4 is 4.90 Å². The first-order valence-electron chi connectivity index (χ1n) is 11.6. The van der Waals surface area contributed by atoms with Gasteiger partial charge in [-0.05, 0) is 31.0 Å². The third-order valence-corrected chi connectivity index (χ3v) is 7.83. The Hall–Kier alpha value is -1.97. The molecule has 2 heterocycles. The number of hydrogen-bond acceptors (Lipinski definition) is 5. The van der Waals surface area contributed by atoms with Gasteiger partial charge in [-0.25, -0.2) is 0 Å². The van der Waals surface area contributed by atoms with Crippen molar-refractivity contribution in [3.05, 3.63) is 45.8 Å². The second-order valence-electron chi connectivity index (χ2n) is 8.37. The Morgan fingerprint density at radius 3 is 2.32 bits per heavy atom. The van der Waals surface area contributed by atoms with Crippen LogP contribution >= 0.6 is 39.9 Å². The predicted octanol–water partition coefficient (Wildman–Crippen LogP) is 6.15. The summed E-state index contributed by atoms with van der Waals surface area (Å²) in [6.45, 7) is 4.67. The highest BCUT2D eigenvalue weighted by molar-refractivity contribution is 9.10. The number of benzene rings is 1. The first-order chi connectivity index (χ1) is 16.3. The van der Waals surface area contributed by atoms with Gasteiger partial charge in [0.05, 0.1) is 16.2 Å². The summed E-state index contributed by atoms with van der Waals surface area (Å²) in [6.07, 6.45) is 9.82. The van der Waals surface area contributed by atoms with Crippen LogP contribution in [0.3, 0.4) is 0 Å². The maximum absolute atomic E-state index is 13.2. The lowest BCUT2D eigenvalue weighted by Gasteiger charge is -2.14. The summed E-state index contributed by atoms with van der Waals surface area (Å²) in [6, 6.07) is 5.63. The summed E-state index contributed by atoms with van der Waals surface area (Å²) in [5.41, 5.74) is 1.93.